The minimum atomic E-state index is -2.95. The van der Waals surface area contributed by atoms with E-state index in [9.17, 15) is 44.3 Å². The number of Topliss-reactive ketones (excluding diaryl/α,β-unsaturated/α-hetero) is 1. The second kappa shape index (κ2) is 47.2. The molecule has 23 nitrogen and oxygen atoms in total. The predicted molar refractivity (Wildman–Crippen MR) is 475 cm³/mol. The third kappa shape index (κ3) is 27.5. The van der Waals surface area contributed by atoms with Crippen LogP contribution in [0.25, 0.3) is 0 Å². The summed E-state index contributed by atoms with van der Waals surface area (Å²) >= 11 is 0. The largest absolute Gasteiger partial charge is 0.513 e. The molecule has 1 amide bonds. The van der Waals surface area contributed by atoms with Gasteiger partial charge in [0.2, 0.25) is 6.10 Å². The van der Waals surface area contributed by atoms with Crippen LogP contribution in [0.2, 0.25) is 18.1 Å². The number of nitrogens with zero attached hydrogens (tertiary/aromatic N) is 1. The van der Waals surface area contributed by atoms with Gasteiger partial charge in [0.15, 0.2) is 13.9 Å². The van der Waals surface area contributed by atoms with Gasteiger partial charge < -0.3 is 63.3 Å². The Kier molecular flexibility index (Phi) is 39.7. The van der Waals surface area contributed by atoms with Crippen molar-refractivity contribution in [1.29, 1.82) is 0 Å². The van der Waals surface area contributed by atoms with Crippen LogP contribution in [0.5, 0.6) is 5.75 Å². The van der Waals surface area contributed by atoms with Crippen LogP contribution < -0.4 is 10.1 Å². The normalized spacial score (nSPS) is 28.7. The van der Waals surface area contributed by atoms with Gasteiger partial charge >= 0.3 is 30.2 Å². The van der Waals surface area contributed by atoms with Gasteiger partial charge in [-0.2, -0.15) is 0 Å². The van der Waals surface area contributed by atoms with Gasteiger partial charge in [-0.1, -0.05) is 228 Å². The highest BCUT2D eigenvalue weighted by atomic mass is 33.1. The van der Waals surface area contributed by atoms with E-state index in [2.05, 4.69) is 36.9 Å². The van der Waals surface area contributed by atoms with Gasteiger partial charge in [-0.05, 0) is 144 Å². The third-order valence-electron chi connectivity index (χ3n) is 24.6. The average molecular weight is 1800 g/mol. The minimum absolute atomic E-state index is 0.0278. The van der Waals surface area contributed by atoms with Crippen molar-refractivity contribution in [3.63, 3.8) is 0 Å². The first-order valence-electron chi connectivity index (χ1n) is 41.6. The van der Waals surface area contributed by atoms with Crippen molar-refractivity contribution in [2.45, 2.75) is 290 Å². The Morgan fingerprint density at radius 1 is 0.701 bits per heavy atom. The quantitative estimate of drug-likeness (QED) is 0.00542. The molecule has 3 aliphatic carbocycles. The molecule has 3 aromatic carbocycles. The predicted octanol–water partition coefficient (Wildman–Crippen LogP) is 19.7. The molecule has 117 heavy (non-hydrogen) atoms. The van der Waals surface area contributed by atoms with E-state index in [0.29, 0.717) is 42.4 Å². The van der Waals surface area contributed by atoms with Crippen LogP contribution in [0, 0.1) is 44.6 Å². The number of non-ortho nitro benzene ring substituents is 1. The molecule has 3 aromatic rings. The lowest BCUT2D eigenvalue weighted by Crippen LogP contribution is -2.83. The van der Waals surface area contributed by atoms with Gasteiger partial charge in [0.05, 0.1) is 48.0 Å². The summed E-state index contributed by atoms with van der Waals surface area (Å²) in [6.45, 7) is 21.5. The molecule has 2 bridgehead atoms. The number of aliphatic hydroxyl groups excluding tert-OH is 2. The summed E-state index contributed by atoms with van der Waals surface area (Å²) < 4.78 is 48.0. The molecule has 3 saturated carbocycles. The Bertz CT molecular complexity index is 3630. The molecule has 8 aliphatic rings. The van der Waals surface area contributed by atoms with Gasteiger partial charge in [0.1, 0.15) is 29.8 Å². The third-order valence-corrected chi connectivity index (χ3v) is 41.1. The number of benzene rings is 3. The minimum Gasteiger partial charge on any atom is -0.481 e. The number of aliphatic hydroxyl groups is 3. The number of hydrogen-bond acceptors (Lipinski definition) is 28. The van der Waals surface area contributed by atoms with Crippen LogP contribution in [0.4, 0.5) is 15.3 Å². The lowest BCUT2D eigenvalue weighted by Gasteiger charge is -2.70. The number of carbonyl (C=O) groups excluding carboxylic acids is 6. The number of carboxylic acid groups (broad SMARTS) is 1. The molecule has 0 spiro atoms. The van der Waals surface area contributed by atoms with Crippen molar-refractivity contribution in [3.8, 4) is 5.75 Å². The number of nitro benzene ring substituents is 1. The molecule has 17 atom stereocenters. The van der Waals surface area contributed by atoms with Gasteiger partial charge in [-0.3, -0.25) is 29.3 Å². The second-order valence-electron chi connectivity index (χ2n) is 34.1. The number of aliphatic carboxylic acids is 1. The number of carbonyl (C=O) groups is 7. The van der Waals surface area contributed by atoms with Crippen molar-refractivity contribution in [1.82, 2.24) is 5.32 Å². The molecular weight excluding hydrogens is 1670 g/mol. The monoisotopic (exact) mass is 1790 g/mol. The summed E-state index contributed by atoms with van der Waals surface area (Å²) in [6, 6.07) is 21.2. The number of fused-ring (bicyclic) bond motifs is 5. The van der Waals surface area contributed by atoms with E-state index in [1.165, 1.54) is 106 Å². The van der Waals surface area contributed by atoms with E-state index >= 15 is 9.59 Å². The summed E-state index contributed by atoms with van der Waals surface area (Å²) in [5, 5.41) is 59.5. The number of ketones is 1. The highest BCUT2D eigenvalue weighted by Crippen LogP contribution is 2.67. The maximum atomic E-state index is 15.7. The number of rotatable bonds is 34. The van der Waals surface area contributed by atoms with Crippen molar-refractivity contribution in [3.05, 3.63) is 106 Å². The zero-order chi connectivity index (χ0) is 85.1. The SMILES string of the molecule is CC(=O)O[C@@]12COC1C[C@H](O)[C@@]1(C)C(=O)[C@H](C)C3C(C)[C@@H](OC(=O)[C@H](OC(=O)OCCCCCC4CCSS4)[C@@H](NC(=O)c4ccccc4)c4ccccc4)C[C@@](O)([C@@H](O[Si](C)(C)C(C)(C)C)[C@@H]12)C3(C)C.O=C(O)CCCCC1CCSS1.O=C(OCCCCCC1CCSS1)Oc1ccc([N+](=O)[O-])cc1.OCCCCCC1CCSS1. The van der Waals surface area contributed by atoms with E-state index in [0.717, 1.165) is 79.3 Å². The standard InChI is InChI=1S/C54H77NO13S2Si.C15H19NO5S2.C8H14O2S2.C8H16OS2/c1-32-38(65-48(60)43(66-49(61)63-27-20-14-19-25-37-26-28-69-70-37)42(35-21-15-12-16-22-35)55-47(59)36-23-17-13-18-24-36)30-54(62)46(68-71(10,11)50(4,5)6)44-52(9,45(58)33(2)41(32)51(54,7)8)39(57)29-40-53(44,31-64-40)67-34(3)56;17-15(21-13-7-5-12(6-8-13)16(18)19)20-10-3-1-2-4-14-9-11-22-23-14;9-8(10)4-2-1-3-7-5-6-11-12-7;9-6-3-1-2-4-8-5-7-10-11-8/h12-13,15-18,21-24,32-33,37-44,46,57,62H,14,19-20,25-31H2,1-11H3,(H,55,59);5-8,14H,1-4,9-11H2;7H,1-6H2,(H,9,10);8-9H,1-7H2/t32?,33-,37?,38+,39+,40?,41?,42+,43-,44+,46+,52-,53+,54-;;;/m1.../s1. The molecule has 5 heterocycles. The van der Waals surface area contributed by atoms with Crippen LogP contribution in [-0.4, -0.2) is 188 Å². The maximum Gasteiger partial charge on any atom is 0.513 e. The van der Waals surface area contributed by atoms with Crippen LogP contribution in [0.3, 0.4) is 0 Å². The Labute approximate surface area is 724 Å². The number of amides is 1. The summed E-state index contributed by atoms with van der Waals surface area (Å²) in [5.41, 5.74) is -5.40. The van der Waals surface area contributed by atoms with Crippen LogP contribution in [-0.2, 0) is 52.0 Å². The smallest absolute Gasteiger partial charge is 0.481 e. The van der Waals surface area contributed by atoms with Crippen LogP contribution in [0.15, 0.2) is 84.9 Å². The fourth-order valence-electron chi connectivity index (χ4n) is 17.0. The van der Waals surface area contributed by atoms with Crippen molar-refractivity contribution >= 4 is 142 Å². The highest BCUT2D eigenvalue weighted by Gasteiger charge is 2.78. The molecule has 654 valence electrons. The molecule has 11 rings (SSSR count). The molecule has 5 saturated heterocycles. The van der Waals surface area contributed by atoms with E-state index in [1.807, 2.05) is 109 Å². The first kappa shape index (κ1) is 98.4. The maximum absolute atomic E-state index is 15.7. The number of esters is 2. The Morgan fingerprint density at radius 2 is 1.21 bits per heavy atom. The summed E-state index contributed by atoms with van der Waals surface area (Å²) in [5.74, 6) is -1.06. The number of nitro groups is 1. The van der Waals surface area contributed by atoms with Gasteiger partial charge in [-0.15, -0.1) is 0 Å². The summed E-state index contributed by atoms with van der Waals surface area (Å²) in [6.07, 6.45) is 13.0. The van der Waals surface area contributed by atoms with Gasteiger partial charge in [-0.25, -0.2) is 14.4 Å². The number of unbranched alkanes of at least 4 members (excludes halogenated alkanes) is 7. The second-order valence-corrected chi connectivity index (χ2v) is 50.0. The average Bonchev–Trinajstić information content (AvgIpc) is 1.11. The lowest BCUT2D eigenvalue weighted by atomic mass is 9.41. The number of carboxylic acids is 1. The van der Waals surface area contributed by atoms with Crippen molar-refractivity contribution in [2.75, 3.05) is 49.4 Å². The van der Waals surface area contributed by atoms with Crippen molar-refractivity contribution in [2.24, 2.45) is 34.5 Å². The first-order valence-corrected chi connectivity index (χ1v) is 54.0. The lowest BCUT2D eigenvalue weighted by molar-refractivity contribution is -0.384. The fourth-order valence-corrected chi connectivity index (χ4v) is 30.4. The topological polar surface area (TPSA) is 329 Å². The Hall–Kier alpha value is -4.03. The van der Waals surface area contributed by atoms with E-state index < -0.39 is 137 Å². The van der Waals surface area contributed by atoms with Gasteiger partial charge in [0.25, 0.3) is 11.6 Å². The highest BCUT2D eigenvalue weighted by molar-refractivity contribution is 8.78. The molecule has 0 aromatic heterocycles. The first-order chi connectivity index (χ1) is 55.7. The summed E-state index contributed by atoms with van der Waals surface area (Å²) in [7, 11) is 12.8. The zero-order valence-corrected chi connectivity index (χ0v) is 77.4. The van der Waals surface area contributed by atoms with Gasteiger partial charge in [0, 0.05) is 112 Å². The Morgan fingerprint density at radius 3 is 1.67 bits per heavy atom. The number of hydrogen-bond donors (Lipinski definition) is 5. The van der Waals surface area contributed by atoms with E-state index in [-0.39, 0.29) is 43.3 Å². The molecule has 7 unspecified atom stereocenters. The Balaban J connectivity index is 0.000000296. The fraction of sp³-hybridized carbons (Fsp3) is 0.706. The zero-order valence-electron chi connectivity index (χ0n) is 69.8. The number of ether oxygens (including phenoxy) is 7. The molecule has 5 aliphatic heterocycles. The van der Waals surface area contributed by atoms with E-state index in [1.54, 1.807) is 74.5 Å². The molecule has 0 radical (unpaired) electrons. The van der Waals surface area contributed by atoms with E-state index in [4.69, 9.17) is 47.8 Å². The van der Waals surface area contributed by atoms with Crippen LogP contribution >= 0.6 is 86.4 Å². The molecule has 8 fully saturated rings. The summed E-state index contributed by atoms with van der Waals surface area (Å²) in [4.78, 5) is 104. The van der Waals surface area contributed by atoms with Crippen LogP contribution in [0.1, 0.15) is 226 Å². The molecule has 5 N–H and O–H groups in total. The molecular formula is C85H126N2O21S8Si. The number of nitrogens with one attached hydrogen (secondary N) is 1. The molecule has 32 heteroatoms. The van der Waals surface area contributed by atoms with Crippen molar-refractivity contribution < 1.29 is 96.5 Å².